The number of carbonyl (C=O) groups is 2. The lowest BCUT2D eigenvalue weighted by Crippen LogP contribution is -2.41. The summed E-state index contributed by atoms with van der Waals surface area (Å²) in [5.74, 6) is 0.308. The normalized spacial score (nSPS) is 16.7. The van der Waals surface area contributed by atoms with E-state index in [1.165, 1.54) is 0 Å². The van der Waals surface area contributed by atoms with Crippen molar-refractivity contribution in [3.63, 3.8) is 0 Å². The average molecular weight is 296 g/mol. The van der Waals surface area contributed by atoms with Gasteiger partial charge in [-0.15, -0.1) is 0 Å². The Hall–Kier alpha value is -2.82. The van der Waals surface area contributed by atoms with Crippen LogP contribution in [0.25, 0.3) is 0 Å². The van der Waals surface area contributed by atoms with E-state index < -0.39 is 6.10 Å². The minimum absolute atomic E-state index is 0.0893. The number of ether oxygens (including phenoxy) is 1. The number of rotatable bonds is 2. The van der Waals surface area contributed by atoms with Gasteiger partial charge >= 0.3 is 0 Å². The molecule has 5 heteroatoms. The van der Waals surface area contributed by atoms with Crippen LogP contribution in [-0.4, -0.2) is 25.0 Å². The molecule has 1 N–H and O–H groups in total. The predicted molar refractivity (Wildman–Crippen MR) is 84.3 cm³/mol. The fourth-order valence-corrected chi connectivity index (χ4v) is 2.39. The fourth-order valence-electron chi connectivity index (χ4n) is 2.39. The number of fused-ring (bicyclic) bond motifs is 1. The van der Waals surface area contributed by atoms with Crippen molar-refractivity contribution < 1.29 is 14.3 Å². The molecule has 0 bridgehead atoms. The summed E-state index contributed by atoms with van der Waals surface area (Å²) in [4.78, 5) is 25.6. The molecule has 0 saturated heterocycles. The van der Waals surface area contributed by atoms with E-state index in [0.717, 1.165) is 0 Å². The maximum atomic E-state index is 12.1. The van der Waals surface area contributed by atoms with Gasteiger partial charge in [-0.25, -0.2) is 0 Å². The summed E-state index contributed by atoms with van der Waals surface area (Å²) >= 11 is 0. The molecule has 0 fully saturated rings. The Morgan fingerprint density at radius 2 is 1.91 bits per heavy atom. The van der Waals surface area contributed by atoms with Gasteiger partial charge in [-0.2, -0.15) is 0 Å². The predicted octanol–water partition coefficient (Wildman–Crippen LogP) is 2.68. The second-order valence-corrected chi connectivity index (χ2v) is 5.16. The van der Waals surface area contributed by atoms with Crippen LogP contribution in [0.15, 0.2) is 48.5 Å². The standard InChI is InChI=1S/C17H16N2O3/c1-11-17(21)19(2)14-9-8-13(10-15(14)22-11)18-16(20)12-6-4-3-5-7-12/h3-11H,1-2H3,(H,18,20). The third-order valence-corrected chi connectivity index (χ3v) is 3.60. The van der Waals surface area contributed by atoms with Crippen LogP contribution >= 0.6 is 0 Å². The van der Waals surface area contributed by atoms with Crippen molar-refractivity contribution in [2.75, 3.05) is 17.3 Å². The Kier molecular flexibility index (Phi) is 3.55. The highest BCUT2D eigenvalue weighted by molar-refractivity contribution is 6.05. The SMILES string of the molecule is CC1Oc2cc(NC(=O)c3ccccc3)ccc2N(C)C1=O. The van der Waals surface area contributed by atoms with Gasteiger partial charge in [0.1, 0.15) is 5.75 Å². The van der Waals surface area contributed by atoms with E-state index in [0.29, 0.717) is 22.7 Å². The molecule has 2 aromatic carbocycles. The lowest BCUT2D eigenvalue weighted by atomic mass is 10.1. The van der Waals surface area contributed by atoms with E-state index in [-0.39, 0.29) is 11.8 Å². The highest BCUT2D eigenvalue weighted by Gasteiger charge is 2.28. The van der Waals surface area contributed by atoms with Crippen molar-refractivity contribution in [1.82, 2.24) is 0 Å². The second kappa shape index (κ2) is 5.52. The van der Waals surface area contributed by atoms with E-state index in [1.807, 2.05) is 18.2 Å². The van der Waals surface area contributed by atoms with Crippen LogP contribution in [0.3, 0.4) is 0 Å². The first kappa shape index (κ1) is 14.1. The summed E-state index contributed by atoms with van der Waals surface area (Å²) in [6, 6.07) is 14.2. The van der Waals surface area contributed by atoms with Crippen LogP contribution in [-0.2, 0) is 4.79 Å². The number of anilines is 2. The molecule has 5 nitrogen and oxygen atoms in total. The number of amides is 2. The Morgan fingerprint density at radius 1 is 1.18 bits per heavy atom. The van der Waals surface area contributed by atoms with Crippen LogP contribution in [0.1, 0.15) is 17.3 Å². The molecule has 0 aromatic heterocycles. The maximum Gasteiger partial charge on any atom is 0.267 e. The molecule has 3 rings (SSSR count). The number of likely N-dealkylation sites (N-methyl/N-ethyl adjacent to an activating group) is 1. The van der Waals surface area contributed by atoms with Crippen molar-refractivity contribution in [2.24, 2.45) is 0 Å². The van der Waals surface area contributed by atoms with Crippen LogP contribution < -0.4 is 15.0 Å². The third-order valence-electron chi connectivity index (χ3n) is 3.60. The first-order valence-electron chi connectivity index (χ1n) is 7.01. The largest absolute Gasteiger partial charge is 0.479 e. The molecule has 0 spiro atoms. The van der Waals surface area contributed by atoms with Crippen molar-refractivity contribution in [1.29, 1.82) is 0 Å². The van der Waals surface area contributed by atoms with E-state index in [2.05, 4.69) is 5.32 Å². The van der Waals surface area contributed by atoms with Gasteiger partial charge in [0.15, 0.2) is 6.10 Å². The van der Waals surface area contributed by atoms with Crippen LogP contribution in [0.4, 0.5) is 11.4 Å². The quantitative estimate of drug-likeness (QED) is 0.927. The summed E-state index contributed by atoms with van der Waals surface area (Å²) in [7, 11) is 1.71. The first-order chi connectivity index (χ1) is 10.6. The van der Waals surface area contributed by atoms with Gasteiger partial charge in [0.25, 0.3) is 11.8 Å². The average Bonchev–Trinajstić information content (AvgIpc) is 2.53. The summed E-state index contributed by atoms with van der Waals surface area (Å²) in [5.41, 5.74) is 1.91. The molecule has 112 valence electrons. The zero-order valence-corrected chi connectivity index (χ0v) is 12.4. The molecule has 1 aliphatic heterocycles. The zero-order chi connectivity index (χ0) is 15.7. The Morgan fingerprint density at radius 3 is 2.64 bits per heavy atom. The molecule has 1 heterocycles. The number of benzene rings is 2. The Labute approximate surface area is 128 Å². The zero-order valence-electron chi connectivity index (χ0n) is 12.4. The van der Waals surface area contributed by atoms with Crippen molar-refractivity contribution in [3.05, 3.63) is 54.1 Å². The number of hydrogen-bond acceptors (Lipinski definition) is 3. The number of hydrogen-bond donors (Lipinski definition) is 1. The van der Waals surface area contributed by atoms with Crippen molar-refractivity contribution in [2.45, 2.75) is 13.0 Å². The molecule has 1 unspecified atom stereocenters. The molecule has 1 atom stereocenters. The van der Waals surface area contributed by atoms with Gasteiger partial charge in [0.05, 0.1) is 5.69 Å². The second-order valence-electron chi connectivity index (χ2n) is 5.16. The molecule has 2 aromatic rings. The van der Waals surface area contributed by atoms with Gasteiger partial charge in [0, 0.05) is 24.4 Å². The number of nitrogens with one attached hydrogen (secondary N) is 1. The highest BCUT2D eigenvalue weighted by Crippen LogP contribution is 2.35. The summed E-state index contributed by atoms with van der Waals surface area (Å²) < 4.78 is 5.60. The van der Waals surface area contributed by atoms with E-state index in [4.69, 9.17) is 4.74 Å². The fraction of sp³-hybridized carbons (Fsp3) is 0.176. The Bertz CT molecular complexity index is 728. The molecule has 22 heavy (non-hydrogen) atoms. The molecule has 0 aliphatic carbocycles. The number of nitrogens with zero attached hydrogens (tertiary/aromatic N) is 1. The molecular weight excluding hydrogens is 280 g/mol. The molecule has 0 saturated carbocycles. The van der Waals surface area contributed by atoms with Gasteiger partial charge in [-0.3, -0.25) is 9.59 Å². The van der Waals surface area contributed by atoms with Gasteiger partial charge in [-0.1, -0.05) is 18.2 Å². The van der Waals surface area contributed by atoms with Gasteiger partial charge < -0.3 is 15.0 Å². The van der Waals surface area contributed by atoms with E-state index in [9.17, 15) is 9.59 Å². The van der Waals surface area contributed by atoms with E-state index >= 15 is 0 Å². The van der Waals surface area contributed by atoms with Crippen molar-refractivity contribution >= 4 is 23.2 Å². The third kappa shape index (κ3) is 2.53. The van der Waals surface area contributed by atoms with Crippen LogP contribution in [0.2, 0.25) is 0 Å². The summed E-state index contributed by atoms with van der Waals surface area (Å²) in [5, 5.41) is 2.83. The minimum Gasteiger partial charge on any atom is -0.479 e. The van der Waals surface area contributed by atoms with Crippen LogP contribution in [0.5, 0.6) is 5.75 Å². The van der Waals surface area contributed by atoms with Gasteiger partial charge in [0.2, 0.25) is 0 Å². The lowest BCUT2D eigenvalue weighted by molar-refractivity contribution is -0.125. The smallest absolute Gasteiger partial charge is 0.267 e. The molecular formula is C17H16N2O3. The highest BCUT2D eigenvalue weighted by atomic mass is 16.5. The minimum atomic E-state index is -0.530. The topological polar surface area (TPSA) is 58.6 Å². The monoisotopic (exact) mass is 296 g/mol. The van der Waals surface area contributed by atoms with Crippen molar-refractivity contribution in [3.8, 4) is 5.75 Å². The van der Waals surface area contributed by atoms with E-state index in [1.54, 1.807) is 49.2 Å². The van der Waals surface area contributed by atoms with Gasteiger partial charge in [-0.05, 0) is 31.2 Å². The summed E-state index contributed by atoms with van der Waals surface area (Å²) in [6.45, 7) is 1.71. The maximum absolute atomic E-state index is 12.1. The molecule has 0 radical (unpaired) electrons. The summed E-state index contributed by atoms with van der Waals surface area (Å²) in [6.07, 6.45) is -0.530. The van der Waals surface area contributed by atoms with Crippen LogP contribution in [0, 0.1) is 0 Å². The molecule has 1 aliphatic rings. The molecule has 2 amide bonds. The first-order valence-corrected chi connectivity index (χ1v) is 7.01. The Balaban J connectivity index is 1.84. The lowest BCUT2D eigenvalue weighted by Gasteiger charge is -2.30. The number of carbonyl (C=O) groups excluding carboxylic acids is 2.